The van der Waals surface area contributed by atoms with Crippen LogP contribution in [0.5, 0.6) is 0 Å². The quantitative estimate of drug-likeness (QED) is 0.691. The Hall–Kier alpha value is -1.07. The number of likely N-dealkylation sites (N-methyl/N-ethyl adjacent to an activating group) is 1. The van der Waals surface area contributed by atoms with Crippen LogP contribution in [0.2, 0.25) is 0 Å². The van der Waals surface area contributed by atoms with Crippen LogP contribution in [0.1, 0.15) is 25.0 Å². The van der Waals surface area contributed by atoms with E-state index in [0.717, 1.165) is 50.3 Å². The van der Waals surface area contributed by atoms with E-state index in [1.54, 1.807) is 7.11 Å². The summed E-state index contributed by atoms with van der Waals surface area (Å²) in [6.07, 6.45) is 5.85. The van der Waals surface area contributed by atoms with Gasteiger partial charge in [-0.2, -0.15) is 0 Å². The van der Waals surface area contributed by atoms with Crippen molar-refractivity contribution in [1.29, 1.82) is 0 Å². The molecule has 1 aromatic heterocycles. The van der Waals surface area contributed by atoms with Crippen LogP contribution in [0, 0.1) is 6.92 Å². The van der Waals surface area contributed by atoms with Crippen LogP contribution in [0.15, 0.2) is 6.20 Å². The van der Waals surface area contributed by atoms with Crippen molar-refractivity contribution in [2.45, 2.75) is 38.8 Å². The average Bonchev–Trinajstić information content (AvgIpc) is 3.17. The summed E-state index contributed by atoms with van der Waals surface area (Å²) in [5, 5.41) is 3.39. The topological polar surface area (TPSA) is 42.3 Å². The monoisotopic (exact) mass is 266 g/mol. The molecule has 1 heterocycles. The highest BCUT2D eigenvalue weighted by atomic mass is 16.5. The second-order valence-electron chi connectivity index (χ2n) is 5.38. The Balaban J connectivity index is 1.80. The Kier molecular flexibility index (Phi) is 5.22. The summed E-state index contributed by atoms with van der Waals surface area (Å²) in [7, 11) is 3.95. The Morgan fingerprint density at radius 2 is 2.32 bits per heavy atom. The third kappa shape index (κ3) is 4.51. The summed E-state index contributed by atoms with van der Waals surface area (Å²) >= 11 is 0. The van der Waals surface area contributed by atoms with Crippen molar-refractivity contribution in [3.05, 3.63) is 11.9 Å². The van der Waals surface area contributed by atoms with E-state index in [1.807, 2.05) is 6.92 Å². The predicted molar refractivity (Wildman–Crippen MR) is 77.6 cm³/mol. The summed E-state index contributed by atoms with van der Waals surface area (Å²) in [5.41, 5.74) is 1.07. The van der Waals surface area contributed by atoms with Gasteiger partial charge in [-0.15, -0.1) is 0 Å². The Bertz CT molecular complexity index is 387. The standard InChI is InChI=1S/C14H26N4O/c1-12-11-18(9-8-17(2)13-5-6-13)14(16-12)15-7-4-10-19-3/h11,13H,4-10H2,1-3H3,(H,15,16). The predicted octanol–water partition coefficient (Wildman–Crippen LogP) is 1.73. The molecule has 1 aliphatic carbocycles. The first kappa shape index (κ1) is 14.3. The molecule has 5 heteroatoms. The van der Waals surface area contributed by atoms with Gasteiger partial charge in [0.05, 0.1) is 5.69 Å². The maximum atomic E-state index is 5.05. The largest absolute Gasteiger partial charge is 0.385 e. The van der Waals surface area contributed by atoms with Gasteiger partial charge < -0.3 is 19.5 Å². The molecule has 0 bridgehead atoms. The highest BCUT2D eigenvalue weighted by molar-refractivity contribution is 5.28. The van der Waals surface area contributed by atoms with E-state index in [2.05, 4.69) is 33.0 Å². The van der Waals surface area contributed by atoms with Crippen molar-refractivity contribution < 1.29 is 4.74 Å². The Morgan fingerprint density at radius 1 is 1.53 bits per heavy atom. The van der Waals surface area contributed by atoms with Gasteiger partial charge in [0.2, 0.25) is 5.95 Å². The molecule has 0 aliphatic heterocycles. The summed E-state index contributed by atoms with van der Waals surface area (Å²) in [4.78, 5) is 6.99. The smallest absolute Gasteiger partial charge is 0.203 e. The van der Waals surface area contributed by atoms with Gasteiger partial charge in [-0.05, 0) is 33.2 Å². The maximum absolute atomic E-state index is 5.05. The molecule has 108 valence electrons. The fourth-order valence-corrected chi connectivity index (χ4v) is 2.24. The number of nitrogens with one attached hydrogen (secondary N) is 1. The molecule has 1 aliphatic rings. The normalized spacial score (nSPS) is 15.2. The first-order chi connectivity index (χ1) is 9.20. The van der Waals surface area contributed by atoms with Crippen molar-refractivity contribution in [1.82, 2.24) is 14.5 Å². The first-order valence-electron chi connectivity index (χ1n) is 7.17. The number of anilines is 1. The number of hydrogen-bond donors (Lipinski definition) is 1. The van der Waals surface area contributed by atoms with Crippen LogP contribution in [-0.2, 0) is 11.3 Å². The highest BCUT2D eigenvalue weighted by Crippen LogP contribution is 2.25. The second kappa shape index (κ2) is 6.91. The van der Waals surface area contributed by atoms with Gasteiger partial charge in [-0.3, -0.25) is 0 Å². The van der Waals surface area contributed by atoms with Gasteiger partial charge in [0.25, 0.3) is 0 Å². The summed E-state index contributed by atoms with van der Waals surface area (Å²) in [5.74, 6) is 0.984. The van der Waals surface area contributed by atoms with Gasteiger partial charge in [-0.1, -0.05) is 0 Å². The molecule has 0 unspecified atom stereocenters. The molecule has 5 nitrogen and oxygen atoms in total. The number of methoxy groups -OCH3 is 1. The minimum Gasteiger partial charge on any atom is -0.385 e. The van der Waals surface area contributed by atoms with E-state index in [-0.39, 0.29) is 0 Å². The van der Waals surface area contributed by atoms with E-state index in [9.17, 15) is 0 Å². The van der Waals surface area contributed by atoms with Gasteiger partial charge in [0.15, 0.2) is 0 Å². The molecule has 19 heavy (non-hydrogen) atoms. The number of aryl methyl sites for hydroxylation is 1. The Labute approximate surface area is 116 Å². The van der Waals surface area contributed by atoms with Gasteiger partial charge in [-0.25, -0.2) is 4.98 Å². The van der Waals surface area contributed by atoms with E-state index in [4.69, 9.17) is 4.74 Å². The van der Waals surface area contributed by atoms with Gasteiger partial charge >= 0.3 is 0 Å². The van der Waals surface area contributed by atoms with Crippen molar-refractivity contribution in [3.8, 4) is 0 Å². The molecule has 1 aromatic rings. The van der Waals surface area contributed by atoms with Gasteiger partial charge in [0.1, 0.15) is 0 Å². The molecule has 0 aromatic carbocycles. The van der Waals surface area contributed by atoms with Crippen molar-refractivity contribution >= 4 is 5.95 Å². The Morgan fingerprint density at radius 3 is 3.00 bits per heavy atom. The first-order valence-corrected chi connectivity index (χ1v) is 7.17. The lowest BCUT2D eigenvalue weighted by molar-refractivity contribution is 0.197. The lowest BCUT2D eigenvalue weighted by atomic mass is 10.4. The van der Waals surface area contributed by atoms with Crippen LogP contribution in [0.25, 0.3) is 0 Å². The third-order valence-corrected chi connectivity index (χ3v) is 3.57. The summed E-state index contributed by atoms with van der Waals surface area (Å²) in [6.45, 7) is 5.83. The zero-order valence-electron chi connectivity index (χ0n) is 12.4. The lowest BCUT2D eigenvalue weighted by Crippen LogP contribution is -2.25. The fraction of sp³-hybridized carbons (Fsp3) is 0.786. The fourth-order valence-electron chi connectivity index (χ4n) is 2.24. The lowest BCUT2D eigenvalue weighted by Gasteiger charge is -2.17. The molecule has 0 spiro atoms. The van der Waals surface area contributed by atoms with Gasteiger partial charge in [0, 0.05) is 45.6 Å². The minimum absolute atomic E-state index is 0.789. The number of aromatic nitrogens is 2. The zero-order valence-corrected chi connectivity index (χ0v) is 12.4. The van der Waals surface area contributed by atoms with E-state index < -0.39 is 0 Å². The van der Waals surface area contributed by atoms with E-state index in [1.165, 1.54) is 12.8 Å². The maximum Gasteiger partial charge on any atom is 0.203 e. The molecule has 1 saturated carbocycles. The molecular weight excluding hydrogens is 240 g/mol. The van der Waals surface area contributed by atoms with Crippen LogP contribution in [-0.4, -0.2) is 54.3 Å². The SMILES string of the molecule is COCCCNc1nc(C)cn1CCN(C)C1CC1. The van der Waals surface area contributed by atoms with Crippen LogP contribution in [0.4, 0.5) is 5.95 Å². The number of rotatable bonds is 9. The molecule has 0 radical (unpaired) electrons. The molecule has 1 N–H and O–H groups in total. The number of imidazole rings is 1. The molecular formula is C14H26N4O. The second-order valence-corrected chi connectivity index (χ2v) is 5.38. The van der Waals surface area contributed by atoms with Crippen molar-refractivity contribution in [3.63, 3.8) is 0 Å². The molecule has 0 saturated heterocycles. The molecule has 1 fully saturated rings. The van der Waals surface area contributed by atoms with Crippen molar-refractivity contribution in [2.24, 2.45) is 0 Å². The van der Waals surface area contributed by atoms with Crippen LogP contribution in [0.3, 0.4) is 0 Å². The number of nitrogens with zero attached hydrogens (tertiary/aromatic N) is 3. The molecule has 2 rings (SSSR count). The summed E-state index contributed by atoms with van der Waals surface area (Å²) in [6, 6.07) is 0.822. The summed E-state index contributed by atoms with van der Waals surface area (Å²) < 4.78 is 7.28. The highest BCUT2D eigenvalue weighted by Gasteiger charge is 2.25. The van der Waals surface area contributed by atoms with E-state index in [0.29, 0.717) is 0 Å². The number of hydrogen-bond acceptors (Lipinski definition) is 4. The van der Waals surface area contributed by atoms with Crippen LogP contribution >= 0.6 is 0 Å². The number of ether oxygens (including phenoxy) is 1. The zero-order chi connectivity index (χ0) is 13.7. The molecule has 0 amide bonds. The van der Waals surface area contributed by atoms with E-state index >= 15 is 0 Å². The average molecular weight is 266 g/mol. The molecule has 0 atom stereocenters. The van der Waals surface area contributed by atoms with Crippen LogP contribution < -0.4 is 5.32 Å². The van der Waals surface area contributed by atoms with Crippen molar-refractivity contribution in [2.75, 3.05) is 39.2 Å². The third-order valence-electron chi connectivity index (χ3n) is 3.57. The minimum atomic E-state index is 0.789.